The van der Waals surface area contributed by atoms with Gasteiger partial charge >= 0.3 is 17.9 Å². The van der Waals surface area contributed by atoms with E-state index in [0.717, 1.165) is 103 Å². The SMILES string of the molecule is CCCCCCCCCCCC(=O)O[C@H]1[C@H](O[C@@H]2[C@@H](O)[C@H]3OC(=O)CCCCCCCCC[C@H](CCCCC)O[C@@H]4O[C@H](C)[C@H](O)[C@H](O)[C@H]4O[C@@H]3O[C@H]2C)O[C@@H](C)[C@H](O[C@@H]2O[C@@H](C)[C@H](OC(=O)C(C)C)[C@@H](O)[C@H]2O)[C@H]1O[C@@H]1O[C@@H](C)[C@H](O)[C@@H](O)[C@H]1O. The van der Waals surface area contributed by atoms with Gasteiger partial charge in [-0.15, -0.1) is 0 Å². The number of hydrogen-bond donors (Lipinski definition) is 8. The van der Waals surface area contributed by atoms with Gasteiger partial charge in [-0.2, -0.15) is 0 Å². The van der Waals surface area contributed by atoms with Crippen LogP contribution in [-0.2, 0) is 76.0 Å². The van der Waals surface area contributed by atoms with Gasteiger partial charge in [0.25, 0.3) is 0 Å². The van der Waals surface area contributed by atoms with Gasteiger partial charge in [-0.05, 0) is 60.3 Å². The van der Waals surface area contributed by atoms with Crippen LogP contribution in [0.1, 0.15) is 210 Å². The third-order valence-electron chi connectivity index (χ3n) is 17.6. The van der Waals surface area contributed by atoms with E-state index in [1.165, 1.54) is 27.2 Å². The highest BCUT2D eigenvalue weighted by molar-refractivity contribution is 5.72. The summed E-state index contributed by atoms with van der Waals surface area (Å²) in [4.78, 5) is 40.9. The Morgan fingerprint density at radius 2 is 0.953 bits per heavy atom. The number of carbonyl (C=O) groups is 3. The van der Waals surface area contributed by atoms with Crippen molar-refractivity contribution in [1.82, 2.24) is 0 Å². The van der Waals surface area contributed by atoms with Gasteiger partial charge in [-0.25, -0.2) is 0 Å². The molecule has 6 aliphatic heterocycles. The number of esters is 3. The Hall–Kier alpha value is -2.31. The average Bonchev–Trinajstić information content (AvgIpc) is 3.33. The maximum Gasteiger partial charge on any atom is 0.308 e. The van der Waals surface area contributed by atoms with Crippen molar-refractivity contribution in [3.05, 3.63) is 0 Å². The number of aliphatic hydroxyl groups excluding tert-OH is 8. The molecular formula is C62H108O24. The van der Waals surface area contributed by atoms with Crippen LogP contribution in [-0.4, -0.2) is 218 Å². The minimum atomic E-state index is -1.90. The van der Waals surface area contributed by atoms with E-state index < -0.39 is 177 Å². The molecule has 24 heteroatoms. The fourth-order valence-electron chi connectivity index (χ4n) is 12.1. The molecule has 86 heavy (non-hydrogen) atoms. The van der Waals surface area contributed by atoms with Crippen LogP contribution in [0.2, 0.25) is 0 Å². The van der Waals surface area contributed by atoms with Crippen molar-refractivity contribution in [2.45, 2.75) is 370 Å². The molecule has 6 aliphatic rings. The monoisotopic (exact) mass is 1240 g/mol. The maximum atomic E-state index is 14.3. The van der Waals surface area contributed by atoms with E-state index in [4.69, 9.17) is 61.6 Å². The number of aliphatic hydroxyl groups is 8. The summed E-state index contributed by atoms with van der Waals surface area (Å²) in [5.74, 6) is -2.66. The Labute approximate surface area is 508 Å². The van der Waals surface area contributed by atoms with Gasteiger partial charge in [0.1, 0.15) is 73.2 Å². The summed E-state index contributed by atoms with van der Waals surface area (Å²) in [7, 11) is 0. The molecule has 0 aliphatic carbocycles. The summed E-state index contributed by atoms with van der Waals surface area (Å²) in [6, 6.07) is 0. The zero-order valence-corrected chi connectivity index (χ0v) is 52.5. The number of unbranched alkanes of at least 4 members (excludes halogenated alkanes) is 10. The molecular weight excluding hydrogens is 1130 g/mol. The molecule has 0 amide bonds. The van der Waals surface area contributed by atoms with Crippen molar-refractivity contribution in [3.8, 4) is 0 Å². The van der Waals surface area contributed by atoms with Crippen LogP contribution in [0.3, 0.4) is 0 Å². The van der Waals surface area contributed by atoms with Crippen LogP contribution in [0.4, 0.5) is 0 Å². The summed E-state index contributed by atoms with van der Waals surface area (Å²) in [6.07, 6.45) is -19.4. The molecule has 24 nitrogen and oxygen atoms in total. The third-order valence-corrected chi connectivity index (χ3v) is 17.6. The first kappa shape index (κ1) is 72.7. The van der Waals surface area contributed by atoms with Crippen LogP contribution >= 0.6 is 0 Å². The highest BCUT2D eigenvalue weighted by Gasteiger charge is 2.58. The molecule has 0 aromatic heterocycles. The van der Waals surface area contributed by atoms with Gasteiger partial charge in [0.15, 0.2) is 49.8 Å². The Bertz CT molecular complexity index is 1970. The van der Waals surface area contributed by atoms with Crippen LogP contribution in [0, 0.1) is 5.92 Å². The van der Waals surface area contributed by atoms with E-state index in [1.807, 2.05) is 0 Å². The summed E-state index contributed by atoms with van der Waals surface area (Å²) >= 11 is 0. The first-order chi connectivity index (χ1) is 41.1. The van der Waals surface area contributed by atoms with Crippen molar-refractivity contribution in [2.75, 3.05) is 0 Å². The second-order valence-corrected chi connectivity index (χ2v) is 25.2. The molecule has 6 heterocycles. The Balaban J connectivity index is 1.34. The first-order valence-corrected chi connectivity index (χ1v) is 32.6. The van der Waals surface area contributed by atoms with E-state index in [-0.39, 0.29) is 18.9 Å². The van der Waals surface area contributed by atoms with E-state index in [0.29, 0.717) is 25.7 Å². The zero-order valence-electron chi connectivity index (χ0n) is 52.5. The Morgan fingerprint density at radius 1 is 0.453 bits per heavy atom. The summed E-state index contributed by atoms with van der Waals surface area (Å²) < 4.78 is 82.2. The molecule has 0 aromatic rings. The minimum Gasteiger partial charge on any atom is -0.457 e. The largest absolute Gasteiger partial charge is 0.457 e. The lowest BCUT2D eigenvalue weighted by atomic mass is 9.95. The summed E-state index contributed by atoms with van der Waals surface area (Å²) in [5, 5.41) is 91.9. The lowest BCUT2D eigenvalue weighted by Crippen LogP contribution is -2.68. The lowest BCUT2D eigenvalue weighted by molar-refractivity contribution is -0.399. The lowest BCUT2D eigenvalue weighted by Gasteiger charge is -2.51. The number of hydrogen-bond acceptors (Lipinski definition) is 24. The molecule has 0 spiro atoms. The smallest absolute Gasteiger partial charge is 0.308 e. The van der Waals surface area contributed by atoms with Crippen molar-refractivity contribution in [1.29, 1.82) is 0 Å². The zero-order chi connectivity index (χ0) is 62.8. The molecule has 0 unspecified atom stereocenters. The van der Waals surface area contributed by atoms with Gasteiger partial charge in [0, 0.05) is 12.8 Å². The van der Waals surface area contributed by atoms with E-state index in [9.17, 15) is 55.2 Å². The Morgan fingerprint density at radius 3 is 1.62 bits per heavy atom. The van der Waals surface area contributed by atoms with Gasteiger partial charge in [0.2, 0.25) is 0 Å². The van der Waals surface area contributed by atoms with Crippen molar-refractivity contribution in [2.24, 2.45) is 5.92 Å². The number of rotatable bonds is 23. The predicted octanol–water partition coefficient (Wildman–Crippen LogP) is 4.94. The topological polar surface area (TPSA) is 333 Å². The second kappa shape index (κ2) is 36.1. The second-order valence-electron chi connectivity index (χ2n) is 25.2. The van der Waals surface area contributed by atoms with Crippen LogP contribution in [0.5, 0.6) is 0 Å². The van der Waals surface area contributed by atoms with E-state index >= 15 is 0 Å². The van der Waals surface area contributed by atoms with Crippen LogP contribution in [0.15, 0.2) is 0 Å². The van der Waals surface area contributed by atoms with Crippen molar-refractivity contribution in [3.63, 3.8) is 0 Å². The molecule has 6 saturated heterocycles. The normalized spacial score (nSPS) is 41.7. The van der Waals surface area contributed by atoms with Crippen LogP contribution in [0.25, 0.3) is 0 Å². The molecule has 26 atom stereocenters. The average molecular weight is 1240 g/mol. The first-order valence-electron chi connectivity index (χ1n) is 32.6. The molecule has 6 fully saturated rings. The standard InChI is InChI=1S/C62H108O24/c1-10-12-14-15-16-17-20-23-28-32-41(64)81-56-55(86-58-47(70)44(67)42(65)34(5)74-58)52(84-59-48(71)46(69)50(36(7)76-59)82-57(73)33(3)4)38(9)78-62(56)83-51-37(8)77-61-54(49(51)72)80-40(63)31-27-24-21-18-19-22-26-30-39(29-25-13-11-2)79-60-53(85-61)45(68)43(66)35(6)75-60/h33-39,42-56,58-62,65-72H,10-32H2,1-9H3/t34-,35+,36-,37-,38-,39-,42-,43-,44+,45-,46-,47+,48+,49+,50-,51-,52-,53+,54+,55+,56+,58-,59-,60-,61-,62-/m0/s1. The van der Waals surface area contributed by atoms with E-state index in [1.54, 1.807) is 27.7 Å². The molecule has 0 bridgehead atoms. The summed E-state index contributed by atoms with van der Waals surface area (Å²) in [5.41, 5.74) is 0. The third kappa shape index (κ3) is 20.3. The molecule has 500 valence electrons. The van der Waals surface area contributed by atoms with Crippen LogP contribution < -0.4 is 0 Å². The minimum absolute atomic E-state index is 0.0212. The highest BCUT2D eigenvalue weighted by atomic mass is 16.8. The van der Waals surface area contributed by atoms with Gasteiger partial charge < -0.3 is 102 Å². The Kier molecular flexibility index (Phi) is 30.5. The van der Waals surface area contributed by atoms with Crippen molar-refractivity contribution < 1.29 is 117 Å². The van der Waals surface area contributed by atoms with E-state index in [2.05, 4.69) is 13.8 Å². The fraction of sp³-hybridized carbons (Fsp3) is 0.952. The molecule has 0 radical (unpaired) electrons. The number of carbonyl (C=O) groups excluding carboxylic acids is 3. The van der Waals surface area contributed by atoms with Gasteiger partial charge in [0.05, 0.1) is 42.5 Å². The van der Waals surface area contributed by atoms with Gasteiger partial charge in [-0.3, -0.25) is 14.4 Å². The number of ether oxygens (including phenoxy) is 13. The molecule has 6 rings (SSSR count). The molecule has 0 aromatic carbocycles. The molecule has 8 N–H and O–H groups in total. The quantitative estimate of drug-likeness (QED) is 0.0381. The predicted molar refractivity (Wildman–Crippen MR) is 306 cm³/mol. The van der Waals surface area contributed by atoms with Gasteiger partial charge in [-0.1, -0.05) is 137 Å². The maximum absolute atomic E-state index is 14.3. The number of fused-ring (bicyclic) bond motifs is 2. The summed E-state index contributed by atoms with van der Waals surface area (Å²) in [6.45, 7) is 15.1. The highest BCUT2D eigenvalue weighted by Crippen LogP contribution is 2.39. The fourth-order valence-corrected chi connectivity index (χ4v) is 12.1. The van der Waals surface area contributed by atoms with Crippen molar-refractivity contribution >= 4 is 17.9 Å². The molecule has 0 saturated carbocycles.